The molecular weight excluding hydrogens is 359 g/mol. The van der Waals surface area contributed by atoms with Crippen LogP contribution in [-0.4, -0.2) is 16.9 Å². The smallest absolute Gasteiger partial charge is 0.280 e. The number of nitrogens with zero attached hydrogens (tertiary/aromatic N) is 2. The third-order valence-corrected chi connectivity index (χ3v) is 4.29. The number of aliphatic imine (C=N–C) groups is 1. The van der Waals surface area contributed by atoms with Gasteiger partial charge in [0, 0.05) is 33.3 Å². The minimum atomic E-state index is -0.539. The van der Waals surface area contributed by atoms with Crippen molar-refractivity contribution in [3.05, 3.63) is 63.8 Å². The Bertz CT molecular complexity index is 1030. The number of halogens is 2. The van der Waals surface area contributed by atoms with E-state index in [1.807, 2.05) is 25.1 Å². The third-order valence-electron chi connectivity index (χ3n) is 3.69. The van der Waals surface area contributed by atoms with E-state index < -0.39 is 5.91 Å². The zero-order valence-electron chi connectivity index (χ0n) is 13.3. The Morgan fingerprint density at radius 1 is 1.08 bits per heavy atom. The molecule has 0 saturated heterocycles. The first-order chi connectivity index (χ1) is 11.9. The Morgan fingerprint density at radius 3 is 2.52 bits per heavy atom. The second-order valence-corrected chi connectivity index (χ2v) is 6.35. The minimum Gasteiger partial charge on any atom is -0.370 e. The van der Waals surface area contributed by atoms with Crippen molar-refractivity contribution in [2.24, 2.45) is 16.5 Å². The van der Waals surface area contributed by atoms with Gasteiger partial charge in [-0.3, -0.25) is 9.78 Å². The molecule has 2 aromatic carbocycles. The summed E-state index contributed by atoms with van der Waals surface area (Å²) in [5.41, 5.74) is 14.1. The minimum absolute atomic E-state index is 0.295. The number of fused-ring (bicyclic) bond motifs is 1. The highest BCUT2D eigenvalue weighted by Crippen LogP contribution is 2.38. The fourth-order valence-corrected chi connectivity index (χ4v) is 3.16. The standard InChI is InChI=1S/C18H14Cl2N4O/c1-9-2-4-11(13(19)6-9)16-12-7-10(17(25)24-18(21)22)3-5-15(12)23-8-14(16)20/h2-8H,1H3,(H4,21,22,24,25). The van der Waals surface area contributed by atoms with E-state index in [1.54, 1.807) is 24.4 Å². The van der Waals surface area contributed by atoms with Gasteiger partial charge in [0.1, 0.15) is 0 Å². The first-order valence-corrected chi connectivity index (χ1v) is 8.11. The van der Waals surface area contributed by atoms with Crippen molar-refractivity contribution in [3.63, 3.8) is 0 Å². The Kier molecular flexibility index (Phi) is 4.61. The van der Waals surface area contributed by atoms with Gasteiger partial charge in [-0.25, -0.2) is 0 Å². The van der Waals surface area contributed by atoms with E-state index in [4.69, 9.17) is 34.7 Å². The number of nitrogens with two attached hydrogens (primary N) is 2. The lowest BCUT2D eigenvalue weighted by Gasteiger charge is -2.12. The number of amides is 1. The topological polar surface area (TPSA) is 94.4 Å². The van der Waals surface area contributed by atoms with Crippen LogP contribution in [-0.2, 0) is 0 Å². The molecule has 3 rings (SSSR count). The van der Waals surface area contributed by atoms with Crippen LogP contribution < -0.4 is 11.5 Å². The molecule has 1 amide bonds. The molecule has 1 heterocycles. The molecule has 0 aliphatic rings. The van der Waals surface area contributed by atoms with Gasteiger partial charge in [-0.05, 0) is 36.8 Å². The molecule has 126 valence electrons. The molecule has 0 aliphatic carbocycles. The van der Waals surface area contributed by atoms with Gasteiger partial charge in [-0.1, -0.05) is 35.3 Å². The molecule has 0 saturated carbocycles. The number of guanidine groups is 1. The number of carbonyl (C=O) groups is 1. The highest BCUT2D eigenvalue weighted by molar-refractivity contribution is 6.38. The van der Waals surface area contributed by atoms with Gasteiger partial charge < -0.3 is 11.5 Å². The molecule has 0 spiro atoms. The first-order valence-electron chi connectivity index (χ1n) is 7.35. The number of aromatic nitrogens is 1. The number of hydrogen-bond donors (Lipinski definition) is 2. The first kappa shape index (κ1) is 17.2. The molecule has 0 bridgehead atoms. The predicted octanol–water partition coefficient (Wildman–Crippen LogP) is 3.93. The van der Waals surface area contributed by atoms with E-state index >= 15 is 0 Å². The fourth-order valence-electron chi connectivity index (χ4n) is 2.58. The third kappa shape index (κ3) is 3.43. The highest BCUT2D eigenvalue weighted by Gasteiger charge is 2.15. The van der Waals surface area contributed by atoms with E-state index in [9.17, 15) is 4.79 Å². The Hall–Kier alpha value is -2.63. The Balaban J connectivity index is 2.28. The molecule has 7 heteroatoms. The Morgan fingerprint density at radius 2 is 1.84 bits per heavy atom. The summed E-state index contributed by atoms with van der Waals surface area (Å²) in [6.07, 6.45) is 1.56. The molecule has 25 heavy (non-hydrogen) atoms. The van der Waals surface area contributed by atoms with Crippen molar-refractivity contribution >= 4 is 46.0 Å². The maximum atomic E-state index is 12.1. The summed E-state index contributed by atoms with van der Waals surface area (Å²) in [7, 11) is 0. The lowest BCUT2D eigenvalue weighted by Crippen LogP contribution is -2.24. The summed E-state index contributed by atoms with van der Waals surface area (Å²) in [5.74, 6) is -0.834. The van der Waals surface area contributed by atoms with E-state index in [0.717, 1.165) is 11.1 Å². The molecule has 3 aromatic rings. The molecular formula is C18H14Cl2N4O. The molecule has 1 aromatic heterocycles. The molecule has 4 N–H and O–H groups in total. The number of aryl methyl sites for hydroxylation is 1. The lowest BCUT2D eigenvalue weighted by molar-refractivity contribution is 0.100. The summed E-state index contributed by atoms with van der Waals surface area (Å²) >= 11 is 12.8. The monoisotopic (exact) mass is 372 g/mol. The van der Waals surface area contributed by atoms with Crippen LogP contribution in [0.15, 0.2) is 47.6 Å². The molecule has 0 aliphatic heterocycles. The summed E-state index contributed by atoms with van der Waals surface area (Å²) in [6, 6.07) is 10.7. The van der Waals surface area contributed by atoms with Crippen LogP contribution in [0.2, 0.25) is 10.0 Å². The van der Waals surface area contributed by atoms with Crippen molar-refractivity contribution in [1.29, 1.82) is 0 Å². The predicted molar refractivity (Wildman–Crippen MR) is 102 cm³/mol. The average Bonchev–Trinajstić information content (AvgIpc) is 2.54. The molecule has 0 fully saturated rings. The van der Waals surface area contributed by atoms with Crippen LogP contribution in [0.3, 0.4) is 0 Å². The van der Waals surface area contributed by atoms with Gasteiger partial charge >= 0.3 is 0 Å². The van der Waals surface area contributed by atoms with Crippen molar-refractivity contribution in [1.82, 2.24) is 4.98 Å². The number of hydrogen-bond acceptors (Lipinski definition) is 2. The van der Waals surface area contributed by atoms with Crippen LogP contribution >= 0.6 is 23.2 Å². The number of carbonyl (C=O) groups excluding carboxylic acids is 1. The van der Waals surface area contributed by atoms with E-state index in [2.05, 4.69) is 9.98 Å². The number of rotatable bonds is 2. The fraction of sp³-hybridized carbons (Fsp3) is 0.0556. The molecule has 5 nitrogen and oxygen atoms in total. The van der Waals surface area contributed by atoms with Crippen LogP contribution in [0, 0.1) is 6.92 Å². The van der Waals surface area contributed by atoms with Gasteiger partial charge in [0.25, 0.3) is 5.91 Å². The van der Waals surface area contributed by atoms with E-state index in [1.165, 1.54) is 0 Å². The van der Waals surface area contributed by atoms with Gasteiger partial charge in [0.15, 0.2) is 5.96 Å². The van der Waals surface area contributed by atoms with Crippen molar-refractivity contribution < 1.29 is 4.79 Å². The molecule has 0 atom stereocenters. The van der Waals surface area contributed by atoms with Crippen LogP contribution in [0.5, 0.6) is 0 Å². The maximum Gasteiger partial charge on any atom is 0.280 e. The second-order valence-electron chi connectivity index (χ2n) is 5.54. The highest BCUT2D eigenvalue weighted by atomic mass is 35.5. The average molecular weight is 373 g/mol. The van der Waals surface area contributed by atoms with Crippen LogP contribution in [0.1, 0.15) is 15.9 Å². The van der Waals surface area contributed by atoms with Crippen LogP contribution in [0.4, 0.5) is 0 Å². The SMILES string of the molecule is Cc1ccc(-c2c(Cl)cnc3ccc(C(=O)N=C(N)N)cc23)c(Cl)c1. The van der Waals surface area contributed by atoms with Crippen LogP contribution in [0.25, 0.3) is 22.0 Å². The molecule has 0 radical (unpaired) electrons. The quantitative estimate of drug-likeness (QED) is 0.526. The summed E-state index contributed by atoms with van der Waals surface area (Å²) in [6.45, 7) is 1.95. The normalized spacial score (nSPS) is 10.7. The largest absolute Gasteiger partial charge is 0.370 e. The zero-order valence-corrected chi connectivity index (χ0v) is 14.8. The van der Waals surface area contributed by atoms with Gasteiger partial charge in [-0.2, -0.15) is 4.99 Å². The lowest BCUT2D eigenvalue weighted by atomic mass is 9.98. The van der Waals surface area contributed by atoms with Crippen molar-refractivity contribution in [3.8, 4) is 11.1 Å². The van der Waals surface area contributed by atoms with E-state index in [0.29, 0.717) is 32.1 Å². The van der Waals surface area contributed by atoms with Crippen molar-refractivity contribution in [2.45, 2.75) is 6.92 Å². The zero-order chi connectivity index (χ0) is 18.1. The van der Waals surface area contributed by atoms with Gasteiger partial charge in [-0.15, -0.1) is 0 Å². The summed E-state index contributed by atoms with van der Waals surface area (Å²) in [4.78, 5) is 20.0. The summed E-state index contributed by atoms with van der Waals surface area (Å²) < 4.78 is 0. The molecule has 0 unspecified atom stereocenters. The maximum absolute atomic E-state index is 12.1. The van der Waals surface area contributed by atoms with Gasteiger partial charge in [0.05, 0.1) is 10.5 Å². The van der Waals surface area contributed by atoms with Gasteiger partial charge in [0.2, 0.25) is 0 Å². The Labute approximate surface area is 154 Å². The number of benzene rings is 2. The second kappa shape index (κ2) is 6.70. The summed E-state index contributed by atoms with van der Waals surface area (Å²) in [5, 5.41) is 1.69. The number of pyridine rings is 1. The van der Waals surface area contributed by atoms with Crippen molar-refractivity contribution in [2.75, 3.05) is 0 Å². The van der Waals surface area contributed by atoms with E-state index in [-0.39, 0.29) is 5.96 Å².